The van der Waals surface area contributed by atoms with E-state index in [1.54, 1.807) is 24.3 Å². The van der Waals surface area contributed by atoms with Crippen molar-refractivity contribution in [2.24, 2.45) is 5.92 Å². The van der Waals surface area contributed by atoms with Crippen LogP contribution < -0.4 is 10.1 Å². The molecule has 1 aromatic heterocycles. The molecule has 0 aliphatic carbocycles. The number of halogens is 3. The zero-order chi connectivity index (χ0) is 22.8. The second-order valence-corrected chi connectivity index (χ2v) is 7.52. The first-order valence-corrected chi connectivity index (χ1v) is 9.72. The predicted molar refractivity (Wildman–Crippen MR) is 112 cm³/mol. The van der Waals surface area contributed by atoms with Crippen LogP contribution in [-0.2, 0) is 6.18 Å². The van der Waals surface area contributed by atoms with Crippen molar-refractivity contribution in [3.63, 3.8) is 0 Å². The number of aliphatic hydroxyl groups is 1. The molecule has 8 heteroatoms. The monoisotopic (exact) mass is 432 g/mol. The lowest BCUT2D eigenvalue weighted by molar-refractivity contribution is -0.137. The number of nitrogens with zero attached hydrogens (tertiary/aromatic N) is 1. The molecule has 5 nitrogen and oxygen atoms in total. The highest BCUT2D eigenvalue weighted by atomic mass is 19.4. The number of benzene rings is 2. The van der Waals surface area contributed by atoms with Gasteiger partial charge in [0.2, 0.25) is 0 Å². The van der Waals surface area contributed by atoms with Crippen LogP contribution in [0.5, 0.6) is 5.75 Å². The number of carbonyl (C=O) groups is 1. The second kappa shape index (κ2) is 8.93. The van der Waals surface area contributed by atoms with Crippen molar-refractivity contribution in [3.05, 3.63) is 59.7 Å². The number of nitrogens with one attached hydrogen (secondary N) is 1. The number of aliphatic hydroxyl groups excluding tert-OH is 1. The van der Waals surface area contributed by atoms with Crippen LogP contribution in [0.25, 0.3) is 22.2 Å². The summed E-state index contributed by atoms with van der Waals surface area (Å²) < 4.78 is 44.0. The zero-order valence-corrected chi connectivity index (χ0v) is 17.3. The van der Waals surface area contributed by atoms with Gasteiger partial charge in [-0.1, -0.05) is 26.0 Å². The topological polar surface area (TPSA) is 71.5 Å². The van der Waals surface area contributed by atoms with Crippen molar-refractivity contribution in [2.75, 3.05) is 13.7 Å². The average molecular weight is 432 g/mol. The van der Waals surface area contributed by atoms with Gasteiger partial charge < -0.3 is 15.2 Å². The average Bonchev–Trinajstić information content (AvgIpc) is 2.75. The van der Waals surface area contributed by atoms with Crippen LogP contribution in [0.1, 0.15) is 29.8 Å². The summed E-state index contributed by atoms with van der Waals surface area (Å²) in [5.41, 5.74) is 0.985. The van der Waals surface area contributed by atoms with E-state index >= 15 is 0 Å². The first-order valence-electron chi connectivity index (χ1n) is 9.72. The molecule has 0 aliphatic heterocycles. The maximum atomic E-state index is 12.8. The van der Waals surface area contributed by atoms with Crippen molar-refractivity contribution >= 4 is 16.8 Å². The Morgan fingerprint density at radius 3 is 2.35 bits per heavy atom. The zero-order valence-electron chi connectivity index (χ0n) is 17.3. The van der Waals surface area contributed by atoms with E-state index in [1.807, 2.05) is 13.8 Å². The highest BCUT2D eigenvalue weighted by Crippen LogP contribution is 2.33. The van der Waals surface area contributed by atoms with Crippen molar-refractivity contribution < 1.29 is 27.8 Å². The van der Waals surface area contributed by atoms with E-state index in [0.717, 1.165) is 12.1 Å². The first kappa shape index (κ1) is 22.6. The molecule has 3 rings (SSSR count). The van der Waals surface area contributed by atoms with E-state index in [4.69, 9.17) is 4.74 Å². The Morgan fingerprint density at radius 2 is 1.81 bits per heavy atom. The smallest absolute Gasteiger partial charge is 0.416 e. The van der Waals surface area contributed by atoms with Gasteiger partial charge in [-0.05, 0) is 36.2 Å². The van der Waals surface area contributed by atoms with Gasteiger partial charge in [0.05, 0.1) is 36.5 Å². The molecule has 2 aromatic carbocycles. The fourth-order valence-corrected chi connectivity index (χ4v) is 3.16. The van der Waals surface area contributed by atoms with Crippen LogP contribution in [0.3, 0.4) is 0 Å². The fraction of sp³-hybridized carbons (Fsp3) is 0.304. The summed E-state index contributed by atoms with van der Waals surface area (Å²) in [5, 5.41) is 12.9. The summed E-state index contributed by atoms with van der Waals surface area (Å²) in [6.07, 6.45) is -4.42. The van der Waals surface area contributed by atoms with Gasteiger partial charge in [0.25, 0.3) is 5.91 Å². The number of hydrogen-bond acceptors (Lipinski definition) is 4. The van der Waals surface area contributed by atoms with E-state index in [-0.39, 0.29) is 24.5 Å². The van der Waals surface area contributed by atoms with Crippen LogP contribution in [-0.4, -0.2) is 35.8 Å². The molecule has 31 heavy (non-hydrogen) atoms. The van der Waals surface area contributed by atoms with E-state index in [1.165, 1.54) is 19.2 Å². The molecule has 1 heterocycles. The molecular formula is C23H23F3N2O3. The highest BCUT2D eigenvalue weighted by Gasteiger charge is 2.30. The summed E-state index contributed by atoms with van der Waals surface area (Å²) in [7, 11) is 1.49. The Balaban J connectivity index is 2.00. The number of methoxy groups -OCH3 is 1. The molecule has 0 spiro atoms. The van der Waals surface area contributed by atoms with Gasteiger partial charge in [0.15, 0.2) is 0 Å². The van der Waals surface area contributed by atoms with Gasteiger partial charge in [-0.3, -0.25) is 4.79 Å². The number of rotatable bonds is 6. The normalized spacial score (nSPS) is 12.8. The Kier molecular flexibility index (Phi) is 6.50. The summed E-state index contributed by atoms with van der Waals surface area (Å²) in [6, 6.07) is 10.9. The molecule has 0 saturated heterocycles. The number of ether oxygens (including phenoxy) is 1. The molecule has 0 unspecified atom stereocenters. The van der Waals surface area contributed by atoms with Gasteiger partial charge >= 0.3 is 6.18 Å². The van der Waals surface area contributed by atoms with Gasteiger partial charge in [-0.2, -0.15) is 13.2 Å². The SMILES string of the molecule is COc1cc(-c2ccc(C(F)(F)F)cc2)nc2cc(C(=O)N[C@@H](CO)C(C)C)ccc12. The van der Waals surface area contributed by atoms with E-state index < -0.39 is 11.7 Å². The maximum Gasteiger partial charge on any atom is 0.416 e. The molecule has 3 aromatic rings. The fourth-order valence-electron chi connectivity index (χ4n) is 3.16. The van der Waals surface area contributed by atoms with Crippen molar-refractivity contribution in [3.8, 4) is 17.0 Å². The standard InChI is InChI=1S/C23H23F3N2O3/c1-13(2)20(12-29)28-22(30)15-6-9-17-19(10-15)27-18(11-21(17)31-3)14-4-7-16(8-5-14)23(24,25)26/h4-11,13,20,29H,12H2,1-3H3,(H,28,30)/t20-/m0/s1. The number of fused-ring (bicyclic) bond motifs is 1. The molecule has 0 fully saturated rings. The quantitative estimate of drug-likeness (QED) is 0.594. The van der Waals surface area contributed by atoms with Gasteiger partial charge in [-0.25, -0.2) is 4.98 Å². The third-order valence-corrected chi connectivity index (χ3v) is 5.08. The number of amides is 1. The molecule has 164 valence electrons. The Hall–Kier alpha value is -3.13. The minimum Gasteiger partial charge on any atom is -0.496 e. The van der Waals surface area contributed by atoms with Crippen LogP contribution in [0.15, 0.2) is 48.5 Å². The number of aromatic nitrogens is 1. The third kappa shape index (κ3) is 4.96. The lowest BCUT2D eigenvalue weighted by Gasteiger charge is -2.20. The van der Waals surface area contributed by atoms with Gasteiger partial charge in [-0.15, -0.1) is 0 Å². The number of carbonyl (C=O) groups excluding carboxylic acids is 1. The molecule has 2 N–H and O–H groups in total. The lowest BCUT2D eigenvalue weighted by Crippen LogP contribution is -2.41. The highest BCUT2D eigenvalue weighted by molar-refractivity contribution is 5.99. The Labute approximate surface area is 177 Å². The van der Waals surface area contributed by atoms with Gasteiger partial charge in [0.1, 0.15) is 5.75 Å². The minimum absolute atomic E-state index is 0.0545. The number of hydrogen-bond donors (Lipinski definition) is 2. The largest absolute Gasteiger partial charge is 0.496 e. The molecule has 0 radical (unpaired) electrons. The van der Waals surface area contributed by atoms with E-state index in [0.29, 0.717) is 33.5 Å². The van der Waals surface area contributed by atoms with Crippen LogP contribution in [0, 0.1) is 5.92 Å². The molecule has 1 amide bonds. The molecule has 0 bridgehead atoms. The van der Waals surface area contributed by atoms with Crippen LogP contribution in [0.2, 0.25) is 0 Å². The van der Waals surface area contributed by atoms with E-state index in [9.17, 15) is 23.1 Å². The third-order valence-electron chi connectivity index (χ3n) is 5.08. The summed E-state index contributed by atoms with van der Waals surface area (Å²) in [4.78, 5) is 17.1. The molecule has 1 atom stereocenters. The minimum atomic E-state index is -4.42. The molecular weight excluding hydrogens is 409 g/mol. The van der Waals surface area contributed by atoms with Crippen molar-refractivity contribution in [1.29, 1.82) is 0 Å². The summed E-state index contributed by atoms with van der Waals surface area (Å²) in [5.74, 6) is 0.191. The summed E-state index contributed by atoms with van der Waals surface area (Å²) >= 11 is 0. The van der Waals surface area contributed by atoms with E-state index in [2.05, 4.69) is 10.3 Å². The van der Waals surface area contributed by atoms with Crippen LogP contribution in [0.4, 0.5) is 13.2 Å². The molecule has 0 saturated carbocycles. The second-order valence-electron chi connectivity index (χ2n) is 7.52. The first-order chi connectivity index (χ1) is 14.6. The molecule has 0 aliphatic rings. The Bertz CT molecular complexity index is 1080. The van der Waals surface area contributed by atoms with Crippen LogP contribution >= 0.6 is 0 Å². The van der Waals surface area contributed by atoms with Crippen molar-refractivity contribution in [1.82, 2.24) is 10.3 Å². The maximum absolute atomic E-state index is 12.8. The summed E-state index contributed by atoms with van der Waals surface area (Å²) in [6.45, 7) is 3.61. The Morgan fingerprint density at radius 1 is 1.13 bits per heavy atom. The van der Waals surface area contributed by atoms with Gasteiger partial charge in [0, 0.05) is 22.6 Å². The predicted octanol–water partition coefficient (Wildman–Crippen LogP) is 4.68. The van der Waals surface area contributed by atoms with Crippen molar-refractivity contribution in [2.45, 2.75) is 26.1 Å². The lowest BCUT2D eigenvalue weighted by atomic mass is 10.0. The number of pyridine rings is 1. The number of alkyl halides is 3.